The van der Waals surface area contributed by atoms with Gasteiger partial charge in [0.15, 0.2) is 9.84 Å². The fraction of sp³-hybridized carbons (Fsp3) is 0.176. The van der Waals surface area contributed by atoms with Crippen molar-refractivity contribution in [2.45, 2.75) is 18.0 Å². The van der Waals surface area contributed by atoms with Crippen LogP contribution in [0.4, 0.5) is 22.0 Å². The van der Waals surface area contributed by atoms with Crippen molar-refractivity contribution in [1.82, 2.24) is 15.0 Å². The van der Waals surface area contributed by atoms with Gasteiger partial charge in [-0.2, -0.15) is 13.2 Å². The van der Waals surface area contributed by atoms with Crippen molar-refractivity contribution in [1.29, 1.82) is 0 Å². The van der Waals surface area contributed by atoms with Gasteiger partial charge >= 0.3 is 6.18 Å². The predicted octanol–water partition coefficient (Wildman–Crippen LogP) is 4.15. The molecule has 3 aromatic rings. The Kier molecular flexibility index (Phi) is 4.74. The molecule has 0 saturated heterocycles. The van der Waals surface area contributed by atoms with Crippen LogP contribution >= 0.6 is 0 Å². The Bertz CT molecular complexity index is 1170. The van der Waals surface area contributed by atoms with E-state index in [1.807, 2.05) is 0 Å². The maximum absolute atomic E-state index is 14.6. The van der Waals surface area contributed by atoms with E-state index in [0.29, 0.717) is 24.1 Å². The van der Waals surface area contributed by atoms with Crippen molar-refractivity contribution in [2.24, 2.45) is 0 Å². The van der Waals surface area contributed by atoms with Gasteiger partial charge in [-0.15, -0.1) is 0 Å². The Morgan fingerprint density at radius 1 is 1.07 bits per heavy atom. The molecular formula is C17H12F5N3O2S. The third kappa shape index (κ3) is 3.61. The third-order valence-corrected chi connectivity index (χ3v) is 5.04. The highest BCUT2D eigenvalue weighted by atomic mass is 32.2. The first kappa shape index (κ1) is 19.9. The minimum Gasteiger partial charge on any atom is -0.334 e. The highest BCUT2D eigenvalue weighted by Gasteiger charge is 2.37. The van der Waals surface area contributed by atoms with Crippen molar-refractivity contribution in [3.63, 3.8) is 0 Å². The highest BCUT2D eigenvalue weighted by molar-refractivity contribution is 7.90. The Morgan fingerprint density at radius 3 is 2.32 bits per heavy atom. The first-order valence-electron chi connectivity index (χ1n) is 7.68. The number of imidazole rings is 1. The molecule has 0 spiro atoms. The number of hydrogen-bond acceptors (Lipinski definition) is 4. The first-order valence-corrected chi connectivity index (χ1v) is 9.57. The van der Waals surface area contributed by atoms with Gasteiger partial charge in [-0.25, -0.2) is 22.2 Å². The maximum atomic E-state index is 14.6. The molecule has 0 atom stereocenters. The van der Waals surface area contributed by atoms with E-state index in [-0.39, 0.29) is 11.3 Å². The second-order valence-corrected chi connectivity index (χ2v) is 7.96. The number of aryl methyl sites for hydroxylation is 1. The summed E-state index contributed by atoms with van der Waals surface area (Å²) >= 11 is 0. The molecule has 0 amide bonds. The number of sulfone groups is 1. The number of pyridine rings is 1. The second-order valence-electron chi connectivity index (χ2n) is 5.98. The number of rotatable bonds is 3. The van der Waals surface area contributed by atoms with E-state index >= 15 is 0 Å². The topological polar surface area (TPSA) is 75.7 Å². The van der Waals surface area contributed by atoms with E-state index < -0.39 is 49.6 Å². The molecule has 3 rings (SSSR count). The van der Waals surface area contributed by atoms with Crippen LogP contribution < -0.4 is 0 Å². The molecule has 0 radical (unpaired) electrons. The lowest BCUT2D eigenvalue weighted by Gasteiger charge is -2.08. The summed E-state index contributed by atoms with van der Waals surface area (Å²) in [6.45, 7) is 1.52. The minimum absolute atomic E-state index is 0.201. The van der Waals surface area contributed by atoms with Gasteiger partial charge < -0.3 is 4.98 Å². The van der Waals surface area contributed by atoms with Crippen molar-refractivity contribution in [3.8, 4) is 22.5 Å². The van der Waals surface area contributed by atoms with Crippen LogP contribution in [-0.4, -0.2) is 29.6 Å². The van der Waals surface area contributed by atoms with Gasteiger partial charge in [-0.3, -0.25) is 4.98 Å². The molecule has 0 unspecified atom stereocenters. The Labute approximate surface area is 156 Å². The summed E-state index contributed by atoms with van der Waals surface area (Å²) in [5.74, 6) is -3.94. The number of H-pyrrole nitrogens is 1. The van der Waals surface area contributed by atoms with E-state index in [2.05, 4.69) is 15.0 Å². The largest absolute Gasteiger partial charge is 0.449 e. The normalized spacial score (nSPS) is 12.4. The van der Waals surface area contributed by atoms with Crippen LogP contribution in [0.2, 0.25) is 0 Å². The zero-order valence-corrected chi connectivity index (χ0v) is 15.2. The Balaban J connectivity index is 2.32. The summed E-state index contributed by atoms with van der Waals surface area (Å²) in [6.07, 6.45) is -2.77. The zero-order chi connectivity index (χ0) is 20.9. The molecule has 0 fully saturated rings. The van der Waals surface area contributed by atoms with E-state index in [1.165, 1.54) is 25.3 Å². The Morgan fingerprint density at radius 2 is 1.75 bits per heavy atom. The van der Waals surface area contributed by atoms with Gasteiger partial charge in [0.05, 0.1) is 11.4 Å². The number of halogens is 5. The first-order chi connectivity index (χ1) is 12.9. The van der Waals surface area contributed by atoms with Crippen molar-refractivity contribution >= 4 is 9.84 Å². The quantitative estimate of drug-likeness (QED) is 0.650. The van der Waals surface area contributed by atoms with Crippen LogP contribution in [0.3, 0.4) is 0 Å². The molecule has 148 valence electrons. The molecule has 5 nitrogen and oxygen atoms in total. The van der Waals surface area contributed by atoms with Crippen LogP contribution in [-0.2, 0) is 16.0 Å². The summed E-state index contributed by atoms with van der Waals surface area (Å²) in [5, 5.41) is 0. The molecular weight excluding hydrogens is 405 g/mol. The summed E-state index contributed by atoms with van der Waals surface area (Å²) in [4.78, 5) is 8.55. The van der Waals surface area contributed by atoms with Gasteiger partial charge in [-0.1, -0.05) is 0 Å². The SMILES string of the molecule is Cc1ncccc1-c1[nH]c(C(F)(F)F)nc1-c1cc(F)c(S(C)(=O)=O)cc1F. The number of nitrogens with zero attached hydrogens (tertiary/aromatic N) is 2. The number of benzene rings is 1. The van der Waals surface area contributed by atoms with Gasteiger partial charge in [0, 0.05) is 29.3 Å². The minimum atomic E-state index is -4.87. The highest BCUT2D eigenvalue weighted by Crippen LogP contribution is 2.38. The number of nitrogens with one attached hydrogen (secondary N) is 1. The molecule has 0 aliphatic rings. The van der Waals surface area contributed by atoms with Gasteiger partial charge in [0.2, 0.25) is 5.82 Å². The smallest absolute Gasteiger partial charge is 0.334 e. The fourth-order valence-corrected chi connectivity index (χ4v) is 3.37. The molecule has 11 heteroatoms. The Hall–Kier alpha value is -2.82. The third-order valence-electron chi connectivity index (χ3n) is 3.92. The number of aromatic amines is 1. The van der Waals surface area contributed by atoms with Crippen LogP contribution in [0.25, 0.3) is 22.5 Å². The molecule has 0 bridgehead atoms. The lowest BCUT2D eigenvalue weighted by Crippen LogP contribution is -2.07. The fourth-order valence-electron chi connectivity index (χ4n) is 2.64. The summed E-state index contributed by atoms with van der Waals surface area (Å²) in [7, 11) is -4.08. The monoisotopic (exact) mass is 417 g/mol. The van der Waals surface area contributed by atoms with E-state index in [4.69, 9.17) is 0 Å². The molecule has 0 aliphatic heterocycles. The molecule has 0 saturated carbocycles. The van der Waals surface area contributed by atoms with Crippen molar-refractivity contribution < 1.29 is 30.4 Å². The van der Waals surface area contributed by atoms with E-state index in [0.717, 1.165) is 0 Å². The molecule has 1 aromatic carbocycles. The lowest BCUT2D eigenvalue weighted by molar-refractivity contribution is -0.144. The van der Waals surface area contributed by atoms with Gasteiger partial charge in [-0.05, 0) is 31.2 Å². The van der Waals surface area contributed by atoms with Crippen molar-refractivity contribution in [2.75, 3.05) is 6.26 Å². The zero-order valence-electron chi connectivity index (χ0n) is 14.4. The van der Waals surface area contributed by atoms with Crippen molar-refractivity contribution in [3.05, 3.63) is 53.6 Å². The van der Waals surface area contributed by atoms with E-state index in [1.54, 1.807) is 0 Å². The molecule has 2 heterocycles. The van der Waals surface area contributed by atoms with Crippen LogP contribution in [0.15, 0.2) is 35.4 Å². The summed E-state index contributed by atoms with van der Waals surface area (Å²) < 4.78 is 91.4. The van der Waals surface area contributed by atoms with Crippen LogP contribution in [0.1, 0.15) is 11.5 Å². The number of aromatic nitrogens is 3. The molecule has 1 N–H and O–H groups in total. The number of hydrogen-bond donors (Lipinski definition) is 1. The lowest BCUT2D eigenvalue weighted by atomic mass is 10.0. The van der Waals surface area contributed by atoms with Crippen LogP contribution in [0, 0.1) is 18.6 Å². The molecule has 0 aliphatic carbocycles. The maximum Gasteiger partial charge on any atom is 0.449 e. The van der Waals surface area contributed by atoms with Gasteiger partial charge in [0.25, 0.3) is 0 Å². The van der Waals surface area contributed by atoms with E-state index in [9.17, 15) is 30.4 Å². The average Bonchev–Trinajstić information content (AvgIpc) is 3.01. The van der Waals surface area contributed by atoms with Gasteiger partial charge in [0.1, 0.15) is 16.5 Å². The summed E-state index contributed by atoms with van der Waals surface area (Å²) in [6, 6.07) is 3.83. The average molecular weight is 417 g/mol. The molecule has 28 heavy (non-hydrogen) atoms. The second kappa shape index (κ2) is 6.66. The standard InChI is InChI=1S/C17H12F5N3O2S/c1-8-9(4-3-5-23-8)14-15(25-16(24-14)17(20,21)22)10-6-12(19)13(7-11(10)18)28(2,26)27/h3-7H,1-2H3,(H,24,25). The molecule has 2 aromatic heterocycles. The summed E-state index contributed by atoms with van der Waals surface area (Å²) in [5.41, 5.74) is -0.819. The number of alkyl halides is 3. The predicted molar refractivity (Wildman–Crippen MR) is 90.0 cm³/mol. The van der Waals surface area contributed by atoms with Crippen LogP contribution in [0.5, 0.6) is 0 Å².